The SMILES string of the molecule is COc1ccc(C(NCCCN=[N+]=[N-])C(=O)O)cc1F. The third kappa shape index (κ3) is 4.42. The molecule has 1 aromatic carbocycles. The Balaban J connectivity index is 2.73. The number of nitrogens with one attached hydrogen (secondary N) is 1. The number of aliphatic carboxylic acids is 1. The van der Waals surface area contributed by atoms with E-state index in [1.54, 1.807) is 0 Å². The molecule has 0 aliphatic rings. The lowest BCUT2D eigenvalue weighted by molar-refractivity contribution is -0.139. The second-order valence-corrected chi connectivity index (χ2v) is 3.93. The Bertz CT molecular complexity index is 517. The van der Waals surface area contributed by atoms with Gasteiger partial charge in [0.25, 0.3) is 0 Å². The summed E-state index contributed by atoms with van der Waals surface area (Å²) in [5, 5.41) is 15.3. The summed E-state index contributed by atoms with van der Waals surface area (Å²) < 4.78 is 18.3. The molecule has 1 atom stereocenters. The molecule has 2 N–H and O–H groups in total. The Morgan fingerprint density at radius 2 is 2.40 bits per heavy atom. The van der Waals surface area contributed by atoms with Crippen LogP contribution in [-0.4, -0.2) is 31.3 Å². The summed E-state index contributed by atoms with van der Waals surface area (Å²) in [6.07, 6.45) is 0.493. The normalized spacial score (nSPS) is 11.5. The van der Waals surface area contributed by atoms with Gasteiger partial charge >= 0.3 is 5.97 Å². The number of ether oxygens (including phenoxy) is 1. The van der Waals surface area contributed by atoms with Crippen molar-refractivity contribution < 1.29 is 19.0 Å². The third-order valence-corrected chi connectivity index (χ3v) is 2.60. The largest absolute Gasteiger partial charge is 0.494 e. The predicted molar refractivity (Wildman–Crippen MR) is 70.0 cm³/mol. The lowest BCUT2D eigenvalue weighted by atomic mass is 10.1. The van der Waals surface area contributed by atoms with Crippen LogP contribution in [0.15, 0.2) is 23.3 Å². The summed E-state index contributed by atoms with van der Waals surface area (Å²) in [6, 6.07) is 2.96. The van der Waals surface area contributed by atoms with Crippen LogP contribution in [0.4, 0.5) is 4.39 Å². The van der Waals surface area contributed by atoms with Crippen LogP contribution >= 0.6 is 0 Å². The summed E-state index contributed by atoms with van der Waals surface area (Å²) in [6.45, 7) is 0.608. The maximum atomic E-state index is 13.6. The van der Waals surface area contributed by atoms with Crippen molar-refractivity contribution in [3.05, 3.63) is 40.0 Å². The fourth-order valence-electron chi connectivity index (χ4n) is 1.65. The molecule has 1 rings (SSSR count). The van der Waals surface area contributed by atoms with Gasteiger partial charge in [-0.2, -0.15) is 0 Å². The number of hydrogen-bond acceptors (Lipinski definition) is 4. The summed E-state index contributed by atoms with van der Waals surface area (Å²) in [5.74, 6) is -1.67. The Hall–Kier alpha value is -2.31. The van der Waals surface area contributed by atoms with Crippen LogP contribution in [0.5, 0.6) is 5.75 Å². The molecule has 20 heavy (non-hydrogen) atoms. The standard InChI is InChI=1S/C12H15FN4O3/c1-20-10-4-3-8(7-9(10)13)11(12(18)19)15-5-2-6-16-17-14/h3-4,7,11,15H,2,5-6H2,1H3,(H,18,19). The first-order valence-corrected chi connectivity index (χ1v) is 5.90. The van der Waals surface area contributed by atoms with Crippen LogP contribution in [0.25, 0.3) is 10.4 Å². The van der Waals surface area contributed by atoms with Crippen molar-refractivity contribution in [2.24, 2.45) is 5.11 Å². The van der Waals surface area contributed by atoms with Crippen molar-refractivity contribution in [3.63, 3.8) is 0 Å². The third-order valence-electron chi connectivity index (χ3n) is 2.60. The maximum absolute atomic E-state index is 13.6. The van der Waals surface area contributed by atoms with Crippen molar-refractivity contribution in [1.29, 1.82) is 0 Å². The molecule has 0 aliphatic carbocycles. The molecule has 0 heterocycles. The summed E-state index contributed by atoms with van der Waals surface area (Å²) in [7, 11) is 1.33. The van der Waals surface area contributed by atoms with Gasteiger partial charge in [0.05, 0.1) is 7.11 Å². The van der Waals surface area contributed by atoms with Gasteiger partial charge < -0.3 is 15.2 Å². The Morgan fingerprint density at radius 1 is 1.65 bits per heavy atom. The maximum Gasteiger partial charge on any atom is 0.325 e. The van der Waals surface area contributed by atoms with E-state index in [1.807, 2.05) is 0 Å². The van der Waals surface area contributed by atoms with Crippen molar-refractivity contribution in [3.8, 4) is 5.75 Å². The van der Waals surface area contributed by atoms with Gasteiger partial charge in [-0.25, -0.2) is 4.39 Å². The van der Waals surface area contributed by atoms with Crippen molar-refractivity contribution in [2.75, 3.05) is 20.2 Å². The van der Waals surface area contributed by atoms with Crippen LogP contribution in [0.3, 0.4) is 0 Å². The first-order valence-electron chi connectivity index (χ1n) is 5.90. The Morgan fingerprint density at radius 3 is 2.95 bits per heavy atom. The molecular weight excluding hydrogens is 267 g/mol. The summed E-state index contributed by atoms with van der Waals surface area (Å²) in [5.41, 5.74) is 8.40. The molecule has 0 saturated heterocycles. The van der Waals surface area contributed by atoms with Crippen LogP contribution in [0, 0.1) is 5.82 Å². The number of azide groups is 1. The number of nitrogens with zero attached hydrogens (tertiary/aromatic N) is 3. The minimum Gasteiger partial charge on any atom is -0.494 e. The molecule has 1 aromatic rings. The zero-order valence-electron chi connectivity index (χ0n) is 10.9. The first-order chi connectivity index (χ1) is 9.60. The Labute approximate surface area is 115 Å². The average Bonchev–Trinajstić information content (AvgIpc) is 2.42. The molecule has 0 aromatic heterocycles. The van der Waals surface area contributed by atoms with Crippen LogP contribution < -0.4 is 10.1 Å². The van der Waals surface area contributed by atoms with E-state index in [4.69, 9.17) is 15.4 Å². The topological polar surface area (TPSA) is 107 Å². The number of methoxy groups -OCH3 is 1. The van der Waals surface area contributed by atoms with E-state index >= 15 is 0 Å². The second kappa shape index (κ2) is 7.98. The van der Waals surface area contributed by atoms with Gasteiger partial charge in [-0.1, -0.05) is 11.2 Å². The molecule has 0 radical (unpaired) electrons. The van der Waals surface area contributed by atoms with Gasteiger partial charge in [0.1, 0.15) is 6.04 Å². The number of carboxylic acid groups (broad SMARTS) is 1. The molecule has 0 saturated carbocycles. The number of halogens is 1. The lowest BCUT2D eigenvalue weighted by Crippen LogP contribution is -2.29. The molecule has 8 heteroatoms. The highest BCUT2D eigenvalue weighted by Gasteiger charge is 2.20. The zero-order chi connectivity index (χ0) is 15.0. The molecule has 0 spiro atoms. The fourth-order valence-corrected chi connectivity index (χ4v) is 1.65. The number of benzene rings is 1. The van der Waals surface area contributed by atoms with Crippen LogP contribution in [0.1, 0.15) is 18.0 Å². The van der Waals surface area contributed by atoms with E-state index in [9.17, 15) is 9.18 Å². The van der Waals surface area contributed by atoms with E-state index in [0.29, 0.717) is 18.5 Å². The molecule has 0 aliphatic heterocycles. The molecule has 0 amide bonds. The monoisotopic (exact) mass is 282 g/mol. The molecular formula is C12H15FN4O3. The van der Waals surface area contributed by atoms with Crippen molar-refractivity contribution >= 4 is 5.97 Å². The second-order valence-electron chi connectivity index (χ2n) is 3.93. The van der Waals surface area contributed by atoms with Gasteiger partial charge in [0, 0.05) is 11.5 Å². The summed E-state index contributed by atoms with van der Waals surface area (Å²) in [4.78, 5) is 13.8. The zero-order valence-corrected chi connectivity index (χ0v) is 10.9. The smallest absolute Gasteiger partial charge is 0.325 e. The highest BCUT2D eigenvalue weighted by molar-refractivity contribution is 5.75. The number of carbonyl (C=O) groups is 1. The number of carboxylic acids is 1. The molecule has 108 valence electrons. The predicted octanol–water partition coefficient (Wildman–Crippen LogP) is 2.25. The quantitative estimate of drug-likeness (QED) is 0.330. The van der Waals surface area contributed by atoms with Gasteiger partial charge in [-0.05, 0) is 36.2 Å². The molecule has 0 bridgehead atoms. The minimum absolute atomic E-state index is 0.0567. The lowest BCUT2D eigenvalue weighted by Gasteiger charge is -2.15. The van der Waals surface area contributed by atoms with E-state index in [2.05, 4.69) is 15.3 Å². The molecule has 7 nitrogen and oxygen atoms in total. The van der Waals surface area contributed by atoms with Crippen LogP contribution in [-0.2, 0) is 4.79 Å². The average molecular weight is 282 g/mol. The molecule has 0 fully saturated rings. The van der Waals surface area contributed by atoms with E-state index in [1.165, 1.54) is 19.2 Å². The van der Waals surface area contributed by atoms with Crippen molar-refractivity contribution in [2.45, 2.75) is 12.5 Å². The van der Waals surface area contributed by atoms with Crippen molar-refractivity contribution in [1.82, 2.24) is 5.32 Å². The van der Waals surface area contributed by atoms with E-state index in [-0.39, 0.29) is 12.3 Å². The highest BCUT2D eigenvalue weighted by Crippen LogP contribution is 2.22. The fraction of sp³-hybridized carbons (Fsp3) is 0.417. The molecule has 1 unspecified atom stereocenters. The number of rotatable bonds is 8. The Kier molecular flexibility index (Phi) is 6.28. The van der Waals surface area contributed by atoms with Gasteiger partial charge in [-0.3, -0.25) is 4.79 Å². The van der Waals surface area contributed by atoms with Gasteiger partial charge in [0.2, 0.25) is 0 Å². The van der Waals surface area contributed by atoms with Crippen LogP contribution in [0.2, 0.25) is 0 Å². The number of hydrogen-bond donors (Lipinski definition) is 2. The van der Waals surface area contributed by atoms with E-state index in [0.717, 1.165) is 6.07 Å². The highest BCUT2D eigenvalue weighted by atomic mass is 19.1. The summed E-state index contributed by atoms with van der Waals surface area (Å²) >= 11 is 0. The van der Waals surface area contributed by atoms with E-state index < -0.39 is 17.8 Å². The first kappa shape index (κ1) is 15.7. The van der Waals surface area contributed by atoms with Gasteiger partial charge in [0.15, 0.2) is 11.6 Å². The minimum atomic E-state index is -1.11. The van der Waals surface area contributed by atoms with Gasteiger partial charge in [-0.15, -0.1) is 0 Å².